The van der Waals surface area contributed by atoms with Crippen LogP contribution in [0, 0.1) is 11.2 Å². The molecule has 94 valence electrons. The lowest BCUT2D eigenvalue weighted by atomic mass is 9.95. The molecule has 0 bridgehead atoms. The van der Waals surface area contributed by atoms with Gasteiger partial charge in [0, 0.05) is 29.8 Å². The number of nitrogens with two attached hydrogens (primary N) is 1. The van der Waals surface area contributed by atoms with Crippen LogP contribution in [0.4, 0.5) is 10.1 Å². The first-order valence-corrected chi connectivity index (χ1v) is 5.29. The Hall–Kier alpha value is -1.62. The molecule has 0 fully saturated rings. The van der Waals surface area contributed by atoms with Gasteiger partial charge in [0.1, 0.15) is 5.82 Å². The number of anilines is 1. The quantitative estimate of drug-likeness (QED) is 0.691. The molecule has 0 atom stereocenters. The number of hydrogen-bond acceptors (Lipinski definition) is 3. The van der Waals surface area contributed by atoms with Crippen LogP contribution in [-0.4, -0.2) is 24.2 Å². The standard InChI is InChI=1S/C12H17FN2O2/c1-12(2,7-16)6-15-11(17)8-3-9(13)5-10(14)4-8/h3-5,16H,6-7,14H2,1-2H3,(H,15,17). The number of aliphatic hydroxyl groups is 1. The first kappa shape index (κ1) is 13.4. The van der Waals surface area contributed by atoms with Crippen molar-refractivity contribution >= 4 is 11.6 Å². The first-order valence-electron chi connectivity index (χ1n) is 5.29. The second-order valence-corrected chi connectivity index (χ2v) is 4.78. The van der Waals surface area contributed by atoms with Gasteiger partial charge in [0.15, 0.2) is 0 Å². The minimum atomic E-state index is -0.545. The monoisotopic (exact) mass is 240 g/mol. The number of amides is 1. The third-order valence-corrected chi connectivity index (χ3v) is 2.34. The maximum atomic E-state index is 13.0. The van der Waals surface area contributed by atoms with Crippen molar-refractivity contribution in [3.8, 4) is 0 Å². The van der Waals surface area contributed by atoms with Crippen LogP contribution in [-0.2, 0) is 0 Å². The minimum Gasteiger partial charge on any atom is -0.399 e. The second kappa shape index (κ2) is 5.14. The van der Waals surface area contributed by atoms with Crippen LogP contribution in [0.1, 0.15) is 24.2 Å². The van der Waals surface area contributed by atoms with E-state index in [1.54, 1.807) is 0 Å². The molecule has 0 heterocycles. The SMILES string of the molecule is CC(C)(CO)CNC(=O)c1cc(N)cc(F)c1. The molecule has 1 aromatic rings. The van der Waals surface area contributed by atoms with Gasteiger partial charge < -0.3 is 16.2 Å². The second-order valence-electron chi connectivity index (χ2n) is 4.78. The molecule has 1 aromatic carbocycles. The van der Waals surface area contributed by atoms with Crippen LogP contribution in [0.2, 0.25) is 0 Å². The summed E-state index contributed by atoms with van der Waals surface area (Å²) in [6, 6.07) is 3.68. The van der Waals surface area contributed by atoms with Crippen molar-refractivity contribution in [3.05, 3.63) is 29.6 Å². The highest BCUT2D eigenvalue weighted by Gasteiger charge is 2.18. The number of nitrogens with one attached hydrogen (secondary N) is 1. The summed E-state index contributed by atoms with van der Waals surface area (Å²) >= 11 is 0. The van der Waals surface area contributed by atoms with E-state index >= 15 is 0 Å². The topological polar surface area (TPSA) is 75.3 Å². The Balaban J connectivity index is 2.70. The van der Waals surface area contributed by atoms with E-state index in [1.807, 2.05) is 13.8 Å². The molecule has 0 spiro atoms. The highest BCUT2D eigenvalue weighted by atomic mass is 19.1. The van der Waals surface area contributed by atoms with Gasteiger partial charge in [-0.3, -0.25) is 4.79 Å². The van der Waals surface area contributed by atoms with Gasteiger partial charge in [0.05, 0.1) is 0 Å². The minimum absolute atomic E-state index is 0.0431. The van der Waals surface area contributed by atoms with Crippen molar-refractivity contribution in [2.45, 2.75) is 13.8 Å². The summed E-state index contributed by atoms with van der Waals surface area (Å²) in [5, 5.41) is 11.7. The molecule has 0 aliphatic rings. The number of carbonyl (C=O) groups is 1. The number of hydrogen-bond donors (Lipinski definition) is 3. The van der Waals surface area contributed by atoms with Crippen molar-refractivity contribution < 1.29 is 14.3 Å². The molecular weight excluding hydrogens is 223 g/mol. The van der Waals surface area contributed by atoms with Gasteiger partial charge in [-0.25, -0.2) is 4.39 Å². The van der Waals surface area contributed by atoms with Crippen LogP contribution < -0.4 is 11.1 Å². The Labute approximate surface area is 99.6 Å². The lowest BCUT2D eigenvalue weighted by Crippen LogP contribution is -2.36. The molecule has 0 unspecified atom stereocenters. The fourth-order valence-electron chi connectivity index (χ4n) is 1.22. The Morgan fingerprint density at radius 1 is 1.47 bits per heavy atom. The van der Waals surface area contributed by atoms with Crippen molar-refractivity contribution in [2.24, 2.45) is 5.41 Å². The summed E-state index contributed by atoms with van der Waals surface area (Å²) in [5.41, 5.74) is 5.42. The van der Waals surface area contributed by atoms with Crippen LogP contribution in [0.5, 0.6) is 0 Å². The van der Waals surface area contributed by atoms with E-state index in [4.69, 9.17) is 10.8 Å². The number of aliphatic hydroxyl groups excluding tert-OH is 1. The van der Waals surface area contributed by atoms with E-state index in [0.717, 1.165) is 12.1 Å². The summed E-state index contributed by atoms with van der Waals surface area (Å²) in [5.74, 6) is -0.950. The van der Waals surface area contributed by atoms with Crippen LogP contribution >= 0.6 is 0 Å². The van der Waals surface area contributed by atoms with Crippen molar-refractivity contribution in [3.63, 3.8) is 0 Å². The van der Waals surface area contributed by atoms with Crippen molar-refractivity contribution in [2.75, 3.05) is 18.9 Å². The molecule has 17 heavy (non-hydrogen) atoms. The number of nitrogen functional groups attached to an aromatic ring is 1. The van der Waals surface area contributed by atoms with Gasteiger partial charge in [-0.1, -0.05) is 13.8 Å². The Morgan fingerprint density at radius 2 is 2.12 bits per heavy atom. The zero-order valence-electron chi connectivity index (χ0n) is 9.96. The zero-order valence-corrected chi connectivity index (χ0v) is 9.96. The lowest BCUT2D eigenvalue weighted by molar-refractivity contribution is 0.0910. The summed E-state index contributed by atoms with van der Waals surface area (Å²) in [4.78, 5) is 11.7. The number of rotatable bonds is 4. The molecule has 0 aliphatic heterocycles. The largest absolute Gasteiger partial charge is 0.399 e. The zero-order chi connectivity index (χ0) is 13.1. The van der Waals surface area contributed by atoms with Gasteiger partial charge in [0.25, 0.3) is 5.91 Å². The molecule has 0 radical (unpaired) electrons. The van der Waals surface area contributed by atoms with Gasteiger partial charge in [-0.2, -0.15) is 0 Å². The van der Waals surface area contributed by atoms with Gasteiger partial charge >= 0.3 is 0 Å². The van der Waals surface area contributed by atoms with E-state index in [0.29, 0.717) is 6.54 Å². The molecule has 1 amide bonds. The maximum absolute atomic E-state index is 13.0. The predicted molar refractivity (Wildman–Crippen MR) is 64.0 cm³/mol. The van der Waals surface area contributed by atoms with Gasteiger partial charge in [0.2, 0.25) is 0 Å². The molecular formula is C12H17FN2O2. The van der Waals surface area contributed by atoms with Crippen LogP contribution in [0.25, 0.3) is 0 Å². The van der Waals surface area contributed by atoms with Gasteiger partial charge in [-0.15, -0.1) is 0 Å². The summed E-state index contributed by atoms with van der Waals surface area (Å²) in [7, 11) is 0. The molecule has 4 N–H and O–H groups in total. The molecule has 1 rings (SSSR count). The highest BCUT2D eigenvalue weighted by Crippen LogP contribution is 2.13. The summed E-state index contributed by atoms with van der Waals surface area (Å²) < 4.78 is 13.0. The normalized spacial score (nSPS) is 11.3. The van der Waals surface area contributed by atoms with Crippen molar-refractivity contribution in [1.82, 2.24) is 5.32 Å². The average molecular weight is 240 g/mol. The van der Waals surface area contributed by atoms with E-state index in [9.17, 15) is 9.18 Å². The fraction of sp³-hybridized carbons (Fsp3) is 0.417. The molecule has 4 nitrogen and oxygen atoms in total. The highest BCUT2D eigenvalue weighted by molar-refractivity contribution is 5.95. The number of halogens is 1. The van der Waals surface area contributed by atoms with Gasteiger partial charge in [-0.05, 0) is 18.2 Å². The Bertz CT molecular complexity index is 399. The van der Waals surface area contributed by atoms with Crippen molar-refractivity contribution in [1.29, 1.82) is 0 Å². The molecule has 5 heteroatoms. The first-order chi connectivity index (χ1) is 7.84. The van der Waals surface area contributed by atoms with Crippen LogP contribution in [0.3, 0.4) is 0 Å². The van der Waals surface area contributed by atoms with E-state index in [2.05, 4.69) is 5.32 Å². The molecule has 0 saturated carbocycles. The smallest absolute Gasteiger partial charge is 0.251 e. The molecule has 0 aromatic heterocycles. The third kappa shape index (κ3) is 4.03. The lowest BCUT2D eigenvalue weighted by Gasteiger charge is -2.21. The summed E-state index contributed by atoms with van der Waals surface area (Å²) in [6.45, 7) is 3.89. The fourth-order valence-corrected chi connectivity index (χ4v) is 1.22. The number of benzene rings is 1. The molecule has 0 aliphatic carbocycles. The van der Waals surface area contributed by atoms with E-state index in [-0.39, 0.29) is 17.9 Å². The average Bonchev–Trinajstić information content (AvgIpc) is 2.24. The van der Waals surface area contributed by atoms with E-state index in [1.165, 1.54) is 6.07 Å². The van der Waals surface area contributed by atoms with E-state index < -0.39 is 17.1 Å². The predicted octanol–water partition coefficient (Wildman–Crippen LogP) is 1.16. The molecule has 0 saturated heterocycles. The maximum Gasteiger partial charge on any atom is 0.251 e. The Kier molecular flexibility index (Phi) is 4.07. The summed E-state index contributed by atoms with van der Waals surface area (Å²) in [6.07, 6.45) is 0. The Morgan fingerprint density at radius 3 is 2.65 bits per heavy atom. The number of carbonyl (C=O) groups excluding carboxylic acids is 1. The third-order valence-electron chi connectivity index (χ3n) is 2.34. The van der Waals surface area contributed by atoms with Crippen LogP contribution in [0.15, 0.2) is 18.2 Å².